The number of hydrogen-bond donors (Lipinski definition) is 1. The van der Waals surface area contributed by atoms with Gasteiger partial charge in [0.2, 0.25) is 0 Å². The lowest BCUT2D eigenvalue weighted by Crippen LogP contribution is -2.41. The summed E-state index contributed by atoms with van der Waals surface area (Å²) < 4.78 is 0. The van der Waals surface area contributed by atoms with Crippen LogP contribution in [0.15, 0.2) is 0 Å². The maximum Gasteiger partial charge on any atom is 0.108 e. The van der Waals surface area contributed by atoms with Crippen LogP contribution in [0.2, 0.25) is 0 Å². The first-order valence-electron chi connectivity index (χ1n) is 6.18. The van der Waals surface area contributed by atoms with Crippen LogP contribution in [0.4, 0.5) is 0 Å². The van der Waals surface area contributed by atoms with Gasteiger partial charge in [-0.1, -0.05) is 20.3 Å². The molecule has 1 unspecified atom stereocenters. The van der Waals surface area contributed by atoms with Crippen molar-refractivity contribution >= 4 is 0 Å². The van der Waals surface area contributed by atoms with Crippen molar-refractivity contribution in [3.8, 4) is 6.07 Å². The summed E-state index contributed by atoms with van der Waals surface area (Å²) >= 11 is 0. The van der Waals surface area contributed by atoms with Gasteiger partial charge < -0.3 is 4.90 Å². The van der Waals surface area contributed by atoms with Gasteiger partial charge in [0.15, 0.2) is 0 Å². The van der Waals surface area contributed by atoms with Gasteiger partial charge in [-0.05, 0) is 32.4 Å². The van der Waals surface area contributed by atoms with E-state index in [1.807, 2.05) is 0 Å². The fraction of sp³-hybridized carbons (Fsp3) is 0.917. The monoisotopic (exact) mass is 209 g/mol. The second-order valence-corrected chi connectivity index (χ2v) is 4.37. The zero-order chi connectivity index (χ0) is 11.1. The topological polar surface area (TPSA) is 39.1 Å². The maximum absolute atomic E-state index is 9.03. The molecule has 0 amide bonds. The SMILES string of the molecule is CCCCN(CC)CC(C#N)NC1CC1. The lowest BCUT2D eigenvalue weighted by Gasteiger charge is -2.23. The lowest BCUT2D eigenvalue weighted by molar-refractivity contribution is 0.265. The Morgan fingerprint density at radius 2 is 2.20 bits per heavy atom. The quantitative estimate of drug-likeness (QED) is 0.662. The van der Waals surface area contributed by atoms with E-state index in [1.165, 1.54) is 25.7 Å². The molecule has 0 aliphatic heterocycles. The first-order valence-corrected chi connectivity index (χ1v) is 6.18. The smallest absolute Gasteiger partial charge is 0.108 e. The number of nitrogens with one attached hydrogen (secondary N) is 1. The third-order valence-corrected chi connectivity index (χ3v) is 2.89. The summed E-state index contributed by atoms with van der Waals surface area (Å²) in [4.78, 5) is 2.37. The van der Waals surface area contributed by atoms with E-state index in [-0.39, 0.29) is 6.04 Å². The van der Waals surface area contributed by atoms with Crippen LogP contribution in [0.3, 0.4) is 0 Å². The molecule has 0 aromatic rings. The van der Waals surface area contributed by atoms with Gasteiger partial charge in [0, 0.05) is 12.6 Å². The van der Waals surface area contributed by atoms with Gasteiger partial charge in [0.1, 0.15) is 6.04 Å². The van der Waals surface area contributed by atoms with E-state index >= 15 is 0 Å². The van der Waals surface area contributed by atoms with Crippen LogP contribution in [0, 0.1) is 11.3 Å². The van der Waals surface area contributed by atoms with E-state index in [0.29, 0.717) is 6.04 Å². The van der Waals surface area contributed by atoms with Crippen LogP contribution >= 0.6 is 0 Å². The van der Waals surface area contributed by atoms with Gasteiger partial charge in [0.25, 0.3) is 0 Å². The van der Waals surface area contributed by atoms with Crippen LogP contribution in [0.5, 0.6) is 0 Å². The van der Waals surface area contributed by atoms with Crippen molar-refractivity contribution < 1.29 is 0 Å². The molecule has 1 fully saturated rings. The maximum atomic E-state index is 9.03. The van der Waals surface area contributed by atoms with E-state index in [4.69, 9.17) is 5.26 Å². The molecule has 0 bridgehead atoms. The number of likely N-dealkylation sites (N-methyl/N-ethyl adjacent to an activating group) is 1. The van der Waals surface area contributed by atoms with Gasteiger partial charge in [-0.25, -0.2) is 0 Å². The van der Waals surface area contributed by atoms with Crippen molar-refractivity contribution in [1.29, 1.82) is 5.26 Å². The fourth-order valence-corrected chi connectivity index (χ4v) is 1.68. The van der Waals surface area contributed by atoms with Crippen LogP contribution in [0.1, 0.15) is 39.5 Å². The van der Waals surface area contributed by atoms with Gasteiger partial charge in [-0.3, -0.25) is 5.32 Å². The summed E-state index contributed by atoms with van der Waals surface area (Å²) in [5.74, 6) is 0. The molecule has 0 spiro atoms. The van der Waals surface area contributed by atoms with Crippen LogP contribution in [0.25, 0.3) is 0 Å². The Hall–Kier alpha value is -0.590. The third-order valence-electron chi connectivity index (χ3n) is 2.89. The predicted octanol–water partition coefficient (Wildman–Crippen LogP) is 1.75. The van der Waals surface area contributed by atoms with E-state index in [0.717, 1.165) is 19.6 Å². The highest BCUT2D eigenvalue weighted by molar-refractivity contribution is 4.97. The van der Waals surface area contributed by atoms with E-state index in [1.54, 1.807) is 0 Å². The van der Waals surface area contributed by atoms with Crippen molar-refractivity contribution in [3.63, 3.8) is 0 Å². The Morgan fingerprint density at radius 1 is 1.47 bits per heavy atom. The average molecular weight is 209 g/mol. The Labute approximate surface area is 93.5 Å². The first-order chi connectivity index (χ1) is 7.30. The molecule has 1 aliphatic carbocycles. The van der Waals surface area contributed by atoms with Crippen molar-refractivity contribution in [2.75, 3.05) is 19.6 Å². The standard InChI is InChI=1S/C12H23N3/c1-3-5-8-15(4-2)10-12(9-13)14-11-6-7-11/h11-12,14H,3-8,10H2,1-2H3. The highest BCUT2D eigenvalue weighted by atomic mass is 15.1. The molecule has 1 saturated carbocycles. The van der Waals surface area contributed by atoms with Crippen molar-refractivity contribution in [2.45, 2.75) is 51.6 Å². The van der Waals surface area contributed by atoms with Crippen LogP contribution in [-0.4, -0.2) is 36.6 Å². The second-order valence-electron chi connectivity index (χ2n) is 4.37. The Bertz CT molecular complexity index is 205. The predicted molar refractivity (Wildman–Crippen MR) is 62.6 cm³/mol. The molecule has 0 aromatic heterocycles. The Balaban J connectivity index is 2.23. The van der Waals surface area contributed by atoms with E-state index in [2.05, 4.69) is 30.1 Å². The summed E-state index contributed by atoms with van der Waals surface area (Å²) in [7, 11) is 0. The minimum atomic E-state index is 0.0225. The molecule has 1 N–H and O–H groups in total. The van der Waals surface area contributed by atoms with Gasteiger partial charge in [-0.2, -0.15) is 5.26 Å². The van der Waals surface area contributed by atoms with Crippen molar-refractivity contribution in [1.82, 2.24) is 10.2 Å². The molecule has 0 radical (unpaired) electrons. The number of nitrogens with zero attached hydrogens (tertiary/aromatic N) is 2. The van der Waals surface area contributed by atoms with Crippen LogP contribution in [-0.2, 0) is 0 Å². The van der Waals surface area contributed by atoms with Gasteiger partial charge >= 0.3 is 0 Å². The summed E-state index contributed by atoms with van der Waals surface area (Å²) in [6.07, 6.45) is 4.96. The third kappa shape index (κ3) is 5.15. The summed E-state index contributed by atoms with van der Waals surface area (Å²) in [5, 5.41) is 12.4. The molecular weight excluding hydrogens is 186 g/mol. The van der Waals surface area contributed by atoms with Gasteiger partial charge in [-0.15, -0.1) is 0 Å². The highest BCUT2D eigenvalue weighted by Gasteiger charge is 2.25. The molecule has 0 heterocycles. The lowest BCUT2D eigenvalue weighted by atomic mass is 10.2. The van der Waals surface area contributed by atoms with Crippen molar-refractivity contribution in [2.24, 2.45) is 0 Å². The summed E-state index contributed by atoms with van der Waals surface area (Å²) in [5.41, 5.74) is 0. The molecule has 86 valence electrons. The highest BCUT2D eigenvalue weighted by Crippen LogP contribution is 2.19. The zero-order valence-electron chi connectivity index (χ0n) is 10.00. The second kappa shape index (κ2) is 6.81. The van der Waals surface area contributed by atoms with E-state index < -0.39 is 0 Å². The minimum Gasteiger partial charge on any atom is -0.301 e. The average Bonchev–Trinajstić information content (AvgIpc) is 3.06. The molecule has 3 nitrogen and oxygen atoms in total. The molecule has 0 saturated heterocycles. The molecule has 15 heavy (non-hydrogen) atoms. The largest absolute Gasteiger partial charge is 0.301 e. The zero-order valence-corrected chi connectivity index (χ0v) is 10.00. The molecule has 1 aliphatic rings. The number of hydrogen-bond acceptors (Lipinski definition) is 3. The van der Waals surface area contributed by atoms with E-state index in [9.17, 15) is 0 Å². The fourth-order valence-electron chi connectivity index (χ4n) is 1.68. The first kappa shape index (κ1) is 12.5. The summed E-state index contributed by atoms with van der Waals surface area (Å²) in [6, 6.07) is 3.01. The molecule has 0 aromatic carbocycles. The Kier molecular flexibility index (Phi) is 5.67. The van der Waals surface area contributed by atoms with Crippen LogP contribution < -0.4 is 5.32 Å². The number of rotatable bonds is 8. The molecular formula is C12H23N3. The molecule has 1 rings (SSSR count). The Morgan fingerprint density at radius 3 is 2.67 bits per heavy atom. The normalized spacial score (nSPS) is 17.7. The van der Waals surface area contributed by atoms with Crippen molar-refractivity contribution in [3.05, 3.63) is 0 Å². The van der Waals surface area contributed by atoms with Gasteiger partial charge in [0.05, 0.1) is 6.07 Å². The molecule has 1 atom stereocenters. The number of unbranched alkanes of at least 4 members (excludes halogenated alkanes) is 1. The summed E-state index contributed by atoms with van der Waals surface area (Å²) in [6.45, 7) is 7.42. The minimum absolute atomic E-state index is 0.0225. The molecule has 3 heteroatoms. The number of nitriles is 1.